The first-order valence-electron chi connectivity index (χ1n) is 11.3. The number of hydrogen-bond donors (Lipinski definition) is 1. The van der Waals surface area contributed by atoms with E-state index in [0.29, 0.717) is 32.8 Å². The zero-order valence-electron chi connectivity index (χ0n) is 19.9. The minimum Gasteiger partial charge on any atom is -0.289 e. The molecule has 0 radical (unpaired) electrons. The Labute approximate surface area is 214 Å². The molecular weight excluding hydrogens is 519 g/mol. The van der Waals surface area contributed by atoms with Crippen LogP contribution in [0.3, 0.4) is 0 Å². The van der Waals surface area contributed by atoms with Crippen LogP contribution in [0.2, 0.25) is 0 Å². The highest BCUT2D eigenvalue weighted by Crippen LogP contribution is 2.31. The van der Waals surface area contributed by atoms with E-state index < -0.39 is 39.8 Å². The number of benzene rings is 1. The average Bonchev–Trinajstić information content (AvgIpc) is 3.26. The Hall–Kier alpha value is -4.16. The second kappa shape index (κ2) is 9.62. The molecule has 0 aliphatic carbocycles. The molecule has 38 heavy (non-hydrogen) atoms. The third kappa shape index (κ3) is 5.27. The maximum Gasteiger partial charge on any atom is 0.418 e. The van der Waals surface area contributed by atoms with Gasteiger partial charge in [0.1, 0.15) is 0 Å². The molecule has 0 amide bonds. The third-order valence-corrected chi connectivity index (χ3v) is 7.29. The van der Waals surface area contributed by atoms with E-state index in [1.54, 1.807) is 60.7 Å². The van der Waals surface area contributed by atoms with Gasteiger partial charge in [-0.15, -0.1) is 0 Å². The van der Waals surface area contributed by atoms with Crippen LogP contribution in [0.25, 0.3) is 32.8 Å². The quantitative estimate of drug-likeness (QED) is 0.347. The van der Waals surface area contributed by atoms with Crippen molar-refractivity contribution in [2.75, 3.05) is 0 Å². The second-order valence-electron chi connectivity index (χ2n) is 8.72. The standard InChI is InChI=1S/C26H20F3N5O3S/c1-34-14-19(12-32-34)18-10-21-23(31-11-18)7-6-17-5-4-16(9-20(17)25(21)35)15-38(36,37)33-13-24-22(26(27,28)29)3-2-8-30-24/h2-12,14,33H,13,15H2,1H3. The van der Waals surface area contributed by atoms with E-state index >= 15 is 0 Å². The zero-order chi connectivity index (χ0) is 27.1. The van der Waals surface area contributed by atoms with Gasteiger partial charge in [-0.25, -0.2) is 13.1 Å². The molecule has 2 aromatic carbocycles. The molecule has 12 heteroatoms. The molecule has 0 fully saturated rings. The first-order valence-corrected chi connectivity index (χ1v) is 13.0. The van der Waals surface area contributed by atoms with E-state index in [-0.39, 0.29) is 5.43 Å². The molecule has 1 N–H and O–H groups in total. The van der Waals surface area contributed by atoms with Crippen LogP contribution in [0.4, 0.5) is 13.2 Å². The maximum atomic E-state index is 13.5. The van der Waals surface area contributed by atoms with Crippen LogP contribution in [-0.2, 0) is 35.5 Å². The Kier molecular flexibility index (Phi) is 6.45. The Bertz CT molecular complexity index is 1850. The smallest absolute Gasteiger partial charge is 0.289 e. The number of aryl methyl sites for hydroxylation is 1. The fourth-order valence-corrected chi connectivity index (χ4v) is 5.23. The van der Waals surface area contributed by atoms with E-state index in [9.17, 15) is 26.4 Å². The number of alkyl halides is 3. The van der Waals surface area contributed by atoms with Crippen LogP contribution >= 0.6 is 0 Å². The van der Waals surface area contributed by atoms with Crippen molar-refractivity contribution in [3.05, 3.63) is 100 Å². The monoisotopic (exact) mass is 539 g/mol. The van der Waals surface area contributed by atoms with Gasteiger partial charge < -0.3 is 0 Å². The van der Waals surface area contributed by atoms with Gasteiger partial charge in [-0.05, 0) is 41.3 Å². The molecule has 0 saturated heterocycles. The molecule has 0 aliphatic heterocycles. The number of nitrogens with one attached hydrogen (secondary N) is 1. The summed E-state index contributed by atoms with van der Waals surface area (Å²) in [6.45, 7) is -0.624. The van der Waals surface area contributed by atoms with Crippen LogP contribution in [0.15, 0.2) is 78.1 Å². The number of halogens is 3. The Balaban J connectivity index is 1.47. The van der Waals surface area contributed by atoms with Crippen molar-refractivity contribution in [1.82, 2.24) is 24.5 Å². The molecule has 0 aliphatic rings. The summed E-state index contributed by atoms with van der Waals surface area (Å²) in [5.74, 6) is -0.535. The van der Waals surface area contributed by atoms with Gasteiger partial charge in [-0.2, -0.15) is 18.3 Å². The summed E-state index contributed by atoms with van der Waals surface area (Å²) in [5.41, 5.74) is 0.505. The summed E-state index contributed by atoms with van der Waals surface area (Å²) < 4.78 is 68.9. The highest BCUT2D eigenvalue weighted by Gasteiger charge is 2.34. The van der Waals surface area contributed by atoms with Crippen molar-refractivity contribution in [3.63, 3.8) is 0 Å². The number of rotatable bonds is 6. The van der Waals surface area contributed by atoms with Gasteiger partial charge in [0.2, 0.25) is 10.0 Å². The number of pyridine rings is 2. The van der Waals surface area contributed by atoms with E-state index in [2.05, 4.69) is 19.8 Å². The highest BCUT2D eigenvalue weighted by molar-refractivity contribution is 7.88. The lowest BCUT2D eigenvalue weighted by molar-refractivity contribution is -0.138. The Morgan fingerprint density at radius 2 is 1.76 bits per heavy atom. The minimum absolute atomic E-state index is 0.293. The highest BCUT2D eigenvalue weighted by atomic mass is 32.2. The Morgan fingerprint density at radius 1 is 0.974 bits per heavy atom. The summed E-state index contributed by atoms with van der Waals surface area (Å²) in [4.78, 5) is 21.6. The van der Waals surface area contributed by atoms with Gasteiger partial charge in [-0.1, -0.05) is 18.2 Å². The molecular formula is C26H20F3N5O3S. The summed E-state index contributed by atoms with van der Waals surface area (Å²) in [7, 11) is -2.28. The van der Waals surface area contributed by atoms with E-state index in [1.807, 2.05) is 0 Å². The van der Waals surface area contributed by atoms with Crippen molar-refractivity contribution in [1.29, 1.82) is 0 Å². The molecule has 0 saturated carbocycles. The number of aromatic nitrogens is 4. The first-order chi connectivity index (χ1) is 18.0. The predicted octanol–water partition coefficient (Wildman–Crippen LogP) is 4.18. The molecule has 194 valence electrons. The molecule has 0 bridgehead atoms. The number of sulfonamides is 1. The average molecular weight is 540 g/mol. The van der Waals surface area contributed by atoms with Crippen molar-refractivity contribution >= 4 is 31.7 Å². The molecule has 0 spiro atoms. The fourth-order valence-electron chi connectivity index (χ4n) is 4.15. The number of hydrogen-bond acceptors (Lipinski definition) is 6. The number of nitrogens with zero attached hydrogens (tertiary/aromatic N) is 4. The maximum absolute atomic E-state index is 13.5. The molecule has 5 rings (SSSR count). The lowest BCUT2D eigenvalue weighted by atomic mass is 10.1. The van der Waals surface area contributed by atoms with Crippen molar-refractivity contribution in [2.24, 2.45) is 7.05 Å². The van der Waals surface area contributed by atoms with Crippen LogP contribution in [-0.4, -0.2) is 28.2 Å². The normalized spacial score (nSPS) is 12.3. The third-order valence-electron chi connectivity index (χ3n) is 6.00. The molecule has 3 heterocycles. The van der Waals surface area contributed by atoms with E-state index in [4.69, 9.17) is 0 Å². The summed E-state index contributed by atoms with van der Waals surface area (Å²) in [6, 6.07) is 11.8. The van der Waals surface area contributed by atoms with Crippen molar-refractivity contribution < 1.29 is 21.6 Å². The zero-order valence-corrected chi connectivity index (χ0v) is 20.7. The molecule has 0 atom stereocenters. The van der Waals surface area contributed by atoms with Gasteiger partial charge in [0.15, 0.2) is 5.43 Å². The minimum atomic E-state index is -4.66. The molecule has 8 nitrogen and oxygen atoms in total. The van der Waals surface area contributed by atoms with Gasteiger partial charge in [0.25, 0.3) is 0 Å². The van der Waals surface area contributed by atoms with Crippen LogP contribution in [0, 0.1) is 0 Å². The predicted molar refractivity (Wildman–Crippen MR) is 136 cm³/mol. The van der Waals surface area contributed by atoms with Crippen LogP contribution in [0.1, 0.15) is 16.8 Å². The lowest BCUT2D eigenvalue weighted by Gasteiger charge is -2.12. The largest absolute Gasteiger partial charge is 0.418 e. The first kappa shape index (κ1) is 25.5. The van der Waals surface area contributed by atoms with Gasteiger partial charge in [0.05, 0.1) is 35.3 Å². The summed E-state index contributed by atoms with van der Waals surface area (Å²) >= 11 is 0. The van der Waals surface area contributed by atoms with Gasteiger partial charge in [0, 0.05) is 47.5 Å². The van der Waals surface area contributed by atoms with Crippen LogP contribution in [0.5, 0.6) is 0 Å². The molecule has 3 aromatic heterocycles. The van der Waals surface area contributed by atoms with E-state index in [0.717, 1.165) is 23.9 Å². The topological polar surface area (TPSA) is 107 Å². The van der Waals surface area contributed by atoms with Crippen molar-refractivity contribution in [2.45, 2.75) is 18.5 Å². The van der Waals surface area contributed by atoms with Crippen molar-refractivity contribution in [3.8, 4) is 11.1 Å². The summed E-state index contributed by atoms with van der Waals surface area (Å²) in [6.07, 6.45) is 1.61. The fraction of sp³-hybridized carbons (Fsp3) is 0.154. The van der Waals surface area contributed by atoms with E-state index in [1.165, 1.54) is 6.07 Å². The second-order valence-corrected chi connectivity index (χ2v) is 10.5. The summed E-state index contributed by atoms with van der Waals surface area (Å²) in [5, 5.41) is 5.38. The lowest BCUT2D eigenvalue weighted by Crippen LogP contribution is -2.26. The number of fused-ring (bicyclic) bond motifs is 2. The van der Waals surface area contributed by atoms with Gasteiger partial charge in [-0.3, -0.25) is 19.4 Å². The molecule has 0 unspecified atom stereocenters. The van der Waals surface area contributed by atoms with Crippen LogP contribution < -0.4 is 10.2 Å². The SMILES string of the molecule is Cn1cc(-c2cnc3ccc4ccc(CS(=O)(=O)NCc5ncccc5C(F)(F)F)cc4c(=O)c3c2)cn1. The molecule has 5 aromatic rings. The Morgan fingerprint density at radius 3 is 2.50 bits per heavy atom. The van der Waals surface area contributed by atoms with Gasteiger partial charge >= 0.3 is 6.18 Å².